The molecule has 0 radical (unpaired) electrons. The summed E-state index contributed by atoms with van der Waals surface area (Å²) in [4.78, 5) is 15.2. The van der Waals surface area contributed by atoms with Crippen molar-refractivity contribution in [3.63, 3.8) is 0 Å². The number of halogens is 4. The Morgan fingerprint density at radius 3 is 2.33 bits per heavy atom. The molecule has 4 rings (SSSR count). The van der Waals surface area contributed by atoms with E-state index < -0.39 is 11.7 Å². The van der Waals surface area contributed by atoms with Crippen molar-refractivity contribution in [2.75, 3.05) is 18.0 Å². The summed E-state index contributed by atoms with van der Waals surface area (Å²) in [5.74, 6) is 0.282. The lowest BCUT2D eigenvalue weighted by Gasteiger charge is -2.37. The van der Waals surface area contributed by atoms with Gasteiger partial charge in [-0.1, -0.05) is 64.4 Å². The summed E-state index contributed by atoms with van der Waals surface area (Å²) in [6, 6.07) is 15.0. The molecular weight excluding hydrogens is 518 g/mol. The SMILES string of the molecule is CCCC(C)C(=O)Oc1cccc(-c2ccc(C(F)(F)F)cc2)c1Cc1ccc(F)cc1N1CC(C)CC(C)C1. The van der Waals surface area contributed by atoms with Gasteiger partial charge in [-0.05, 0) is 71.7 Å². The second-order valence-corrected chi connectivity index (χ2v) is 11.3. The highest BCUT2D eigenvalue weighted by Gasteiger charge is 2.30. The van der Waals surface area contributed by atoms with E-state index in [1.807, 2.05) is 19.9 Å². The molecule has 0 saturated carbocycles. The van der Waals surface area contributed by atoms with Crippen molar-refractivity contribution in [1.82, 2.24) is 0 Å². The minimum atomic E-state index is -4.44. The Bertz CT molecular complexity index is 1310. The molecule has 0 spiro atoms. The predicted molar refractivity (Wildman–Crippen MR) is 151 cm³/mol. The van der Waals surface area contributed by atoms with E-state index in [2.05, 4.69) is 18.7 Å². The van der Waals surface area contributed by atoms with Gasteiger partial charge >= 0.3 is 12.1 Å². The third-order valence-corrected chi connectivity index (χ3v) is 7.61. The third kappa shape index (κ3) is 7.04. The van der Waals surface area contributed by atoms with Crippen molar-refractivity contribution in [1.29, 1.82) is 0 Å². The van der Waals surface area contributed by atoms with Crippen molar-refractivity contribution < 1.29 is 27.1 Å². The van der Waals surface area contributed by atoms with Crippen LogP contribution in [0.5, 0.6) is 5.75 Å². The molecule has 1 aliphatic rings. The van der Waals surface area contributed by atoms with Crippen molar-refractivity contribution >= 4 is 11.7 Å². The topological polar surface area (TPSA) is 29.5 Å². The van der Waals surface area contributed by atoms with Gasteiger partial charge in [-0.2, -0.15) is 13.2 Å². The molecule has 3 aromatic rings. The van der Waals surface area contributed by atoms with Crippen molar-refractivity contribution in [2.45, 2.75) is 59.6 Å². The lowest BCUT2D eigenvalue weighted by atomic mass is 9.89. The van der Waals surface area contributed by atoms with Gasteiger partial charge in [-0.3, -0.25) is 4.79 Å². The molecule has 0 N–H and O–H groups in total. The average Bonchev–Trinajstić information content (AvgIpc) is 2.89. The van der Waals surface area contributed by atoms with E-state index in [0.717, 1.165) is 49.3 Å². The Labute approximate surface area is 234 Å². The molecule has 1 fully saturated rings. The van der Waals surface area contributed by atoms with Gasteiger partial charge in [0.15, 0.2) is 0 Å². The minimum Gasteiger partial charge on any atom is -0.426 e. The summed E-state index contributed by atoms with van der Waals surface area (Å²) in [7, 11) is 0. The number of alkyl halides is 3. The number of hydrogen-bond donors (Lipinski definition) is 0. The van der Waals surface area contributed by atoms with E-state index in [-0.39, 0.29) is 17.7 Å². The summed E-state index contributed by atoms with van der Waals surface area (Å²) in [5, 5.41) is 0. The van der Waals surface area contributed by atoms with E-state index in [0.29, 0.717) is 47.1 Å². The molecule has 1 aliphatic heterocycles. The zero-order valence-corrected chi connectivity index (χ0v) is 23.5. The Balaban J connectivity index is 1.80. The summed E-state index contributed by atoms with van der Waals surface area (Å²) < 4.78 is 60.2. The van der Waals surface area contributed by atoms with E-state index in [1.54, 1.807) is 24.3 Å². The number of hydrogen-bond acceptors (Lipinski definition) is 3. The van der Waals surface area contributed by atoms with Gasteiger partial charge in [0.25, 0.3) is 0 Å². The number of carbonyl (C=O) groups is 1. The quantitative estimate of drug-likeness (QED) is 0.158. The fourth-order valence-corrected chi connectivity index (χ4v) is 5.74. The maximum atomic E-state index is 14.5. The average molecular weight is 556 g/mol. The van der Waals surface area contributed by atoms with Crippen LogP contribution in [0.1, 0.15) is 63.6 Å². The lowest BCUT2D eigenvalue weighted by Crippen LogP contribution is -2.39. The molecule has 0 bridgehead atoms. The number of piperidine rings is 1. The first kappa shape index (κ1) is 29.6. The zero-order chi connectivity index (χ0) is 29.0. The maximum Gasteiger partial charge on any atom is 0.416 e. The number of esters is 1. The lowest BCUT2D eigenvalue weighted by molar-refractivity contribution is -0.139. The van der Waals surface area contributed by atoms with Gasteiger partial charge in [0.05, 0.1) is 11.5 Å². The highest BCUT2D eigenvalue weighted by atomic mass is 19.4. The number of ether oxygens (including phenoxy) is 1. The molecule has 0 amide bonds. The second kappa shape index (κ2) is 12.4. The fraction of sp³-hybridized carbons (Fsp3) is 0.424. The first-order valence-electron chi connectivity index (χ1n) is 14.0. The molecule has 7 heteroatoms. The van der Waals surface area contributed by atoms with Crippen molar-refractivity contribution in [3.8, 4) is 16.9 Å². The highest BCUT2D eigenvalue weighted by Crippen LogP contribution is 2.38. The molecule has 0 aromatic heterocycles. The van der Waals surface area contributed by atoms with Crippen LogP contribution in [0.4, 0.5) is 23.2 Å². The first-order chi connectivity index (χ1) is 19.0. The predicted octanol–water partition coefficient (Wildman–Crippen LogP) is 8.93. The molecule has 0 aliphatic carbocycles. The normalized spacial score (nSPS) is 18.4. The van der Waals surface area contributed by atoms with E-state index in [4.69, 9.17) is 4.74 Å². The smallest absolute Gasteiger partial charge is 0.416 e. The number of carbonyl (C=O) groups excluding carboxylic acids is 1. The standard InChI is InChI=1S/C33H37F4NO2/c1-5-7-23(4)32(39)40-31-9-6-8-28(24-10-13-26(14-11-24)33(35,36)37)29(31)17-25-12-15-27(34)18-30(25)38-19-21(2)16-22(3)20-38/h6,8-15,18,21-23H,5,7,16-17,19-20H2,1-4H3. The van der Waals surface area contributed by atoms with Crippen molar-refractivity contribution in [2.24, 2.45) is 17.8 Å². The molecule has 40 heavy (non-hydrogen) atoms. The maximum absolute atomic E-state index is 14.5. The van der Waals surface area contributed by atoms with Gasteiger partial charge in [-0.15, -0.1) is 0 Å². The van der Waals surface area contributed by atoms with Crippen LogP contribution in [0, 0.1) is 23.6 Å². The van der Waals surface area contributed by atoms with Crippen LogP contribution >= 0.6 is 0 Å². The Morgan fingerprint density at radius 1 is 1.02 bits per heavy atom. The summed E-state index contributed by atoms with van der Waals surface area (Å²) >= 11 is 0. The van der Waals surface area contributed by atoms with E-state index >= 15 is 0 Å². The van der Waals surface area contributed by atoms with Gasteiger partial charge in [0, 0.05) is 30.8 Å². The van der Waals surface area contributed by atoms with Crippen LogP contribution in [-0.4, -0.2) is 19.1 Å². The van der Waals surface area contributed by atoms with Gasteiger partial charge in [-0.25, -0.2) is 4.39 Å². The third-order valence-electron chi connectivity index (χ3n) is 7.61. The fourth-order valence-electron chi connectivity index (χ4n) is 5.74. The van der Waals surface area contributed by atoms with Crippen LogP contribution in [-0.2, 0) is 17.4 Å². The Hall–Kier alpha value is -3.35. The van der Waals surface area contributed by atoms with Crippen LogP contribution in [0.15, 0.2) is 60.7 Å². The minimum absolute atomic E-state index is 0.301. The largest absolute Gasteiger partial charge is 0.426 e. The molecule has 1 saturated heterocycles. The molecule has 214 valence electrons. The summed E-state index contributed by atoms with van der Waals surface area (Å²) in [6.45, 7) is 9.81. The Kier molecular flexibility index (Phi) is 9.22. The molecule has 3 unspecified atom stereocenters. The highest BCUT2D eigenvalue weighted by molar-refractivity contribution is 5.78. The van der Waals surface area contributed by atoms with Gasteiger partial charge < -0.3 is 9.64 Å². The second-order valence-electron chi connectivity index (χ2n) is 11.3. The summed E-state index contributed by atoms with van der Waals surface area (Å²) in [5.41, 5.74) is 2.83. The molecule has 1 heterocycles. The monoisotopic (exact) mass is 555 g/mol. The number of benzene rings is 3. The van der Waals surface area contributed by atoms with Crippen LogP contribution < -0.4 is 9.64 Å². The van der Waals surface area contributed by atoms with E-state index in [9.17, 15) is 22.4 Å². The zero-order valence-electron chi connectivity index (χ0n) is 23.5. The summed E-state index contributed by atoms with van der Waals surface area (Å²) in [6.07, 6.45) is -1.51. The van der Waals surface area contributed by atoms with Crippen molar-refractivity contribution in [3.05, 3.63) is 83.2 Å². The number of nitrogens with zero attached hydrogens (tertiary/aromatic N) is 1. The molecule has 3 nitrogen and oxygen atoms in total. The van der Waals surface area contributed by atoms with Crippen LogP contribution in [0.25, 0.3) is 11.1 Å². The first-order valence-corrected chi connectivity index (χ1v) is 14.0. The Morgan fingerprint density at radius 2 is 1.70 bits per heavy atom. The van der Waals surface area contributed by atoms with E-state index in [1.165, 1.54) is 18.2 Å². The van der Waals surface area contributed by atoms with Gasteiger partial charge in [0.1, 0.15) is 11.6 Å². The number of anilines is 1. The molecule has 3 aromatic carbocycles. The van der Waals surface area contributed by atoms with Crippen LogP contribution in [0.2, 0.25) is 0 Å². The molecular formula is C33H37F4NO2. The molecule has 3 atom stereocenters. The van der Waals surface area contributed by atoms with Gasteiger partial charge in [0.2, 0.25) is 0 Å². The number of rotatable bonds is 8. The van der Waals surface area contributed by atoms with Crippen LogP contribution in [0.3, 0.4) is 0 Å².